The van der Waals surface area contributed by atoms with Crippen LogP contribution in [0.4, 0.5) is 0 Å². The quantitative estimate of drug-likeness (QED) is 0.162. The number of hydrogen-bond acceptors (Lipinski definition) is 8. The summed E-state index contributed by atoms with van der Waals surface area (Å²) in [6.07, 6.45) is 0. The van der Waals surface area contributed by atoms with Crippen LogP contribution in [0.5, 0.6) is 0 Å². The zero-order valence-electron chi connectivity index (χ0n) is 16.2. The van der Waals surface area contributed by atoms with Crippen molar-refractivity contribution >= 4 is 39.3 Å². The van der Waals surface area contributed by atoms with Crippen molar-refractivity contribution in [2.45, 2.75) is 12.1 Å². The molecule has 0 bridgehead atoms. The van der Waals surface area contributed by atoms with E-state index in [1.54, 1.807) is 60.7 Å². The molecule has 13 heteroatoms. The van der Waals surface area contributed by atoms with Crippen molar-refractivity contribution in [2.24, 2.45) is 0 Å². The van der Waals surface area contributed by atoms with E-state index >= 15 is 0 Å². The number of hydrogen-bond donors (Lipinski definition) is 0. The van der Waals surface area contributed by atoms with Gasteiger partial charge in [-0.2, -0.15) is 0 Å². The summed E-state index contributed by atoms with van der Waals surface area (Å²) in [7, 11) is -11.5. The third-order valence-electron chi connectivity index (χ3n) is 3.60. The fourth-order valence-electron chi connectivity index (χ4n) is 2.50. The Morgan fingerprint density at radius 1 is 0.759 bits per heavy atom. The van der Waals surface area contributed by atoms with Crippen LogP contribution in [0, 0.1) is 0 Å². The Morgan fingerprint density at radius 2 is 1.07 bits per heavy atom. The molecule has 0 aromatic heterocycles. The first kappa shape index (κ1) is 28.8. The van der Waals surface area contributed by atoms with Gasteiger partial charge in [-0.25, -0.2) is 16.8 Å². The van der Waals surface area contributed by atoms with Crippen LogP contribution < -0.4 is 48.3 Å². The van der Waals surface area contributed by atoms with Crippen LogP contribution in [0.15, 0.2) is 60.7 Å². The molecule has 148 valence electrons. The molecule has 0 aliphatic heterocycles. The second kappa shape index (κ2) is 12.0. The van der Waals surface area contributed by atoms with E-state index in [2.05, 4.69) is 8.37 Å². The van der Waals surface area contributed by atoms with Gasteiger partial charge in [0.05, 0.1) is 13.2 Å². The summed E-state index contributed by atoms with van der Waals surface area (Å²) in [5.41, 5.74) is 0. The summed E-state index contributed by atoms with van der Waals surface area (Å²) in [5, 5.41) is 0.229. The second-order valence-electron chi connectivity index (χ2n) is 5.84. The molecule has 2 aromatic rings. The molecular weight excluding hydrogens is 429 g/mol. The van der Waals surface area contributed by atoms with Gasteiger partial charge in [0.25, 0.3) is 0 Å². The van der Waals surface area contributed by atoms with E-state index in [0.29, 0.717) is 0 Å². The first-order valence-corrected chi connectivity index (χ1v) is 11.6. The second-order valence-corrected chi connectivity index (χ2v) is 10.7. The zero-order valence-corrected chi connectivity index (χ0v) is 18.7. The Morgan fingerprint density at radius 3 is 1.34 bits per heavy atom. The SMILES string of the molecule is CC(COS(=O)(=O)[O-])(COS(=O)(=O)[O-])P(c1ccccc1)c1ccccc1.[Li+].[Li+]. The van der Waals surface area contributed by atoms with Crippen molar-refractivity contribution in [2.75, 3.05) is 13.2 Å². The van der Waals surface area contributed by atoms with Crippen LogP contribution in [0.2, 0.25) is 0 Å². The maximum absolute atomic E-state index is 11.0. The number of benzene rings is 2. The molecule has 0 heterocycles. The van der Waals surface area contributed by atoms with Gasteiger partial charge in [0.2, 0.25) is 20.8 Å². The zero-order chi connectivity index (χ0) is 20.1. The summed E-state index contributed by atoms with van der Waals surface area (Å²) in [4.78, 5) is 0. The van der Waals surface area contributed by atoms with Crippen LogP contribution in [0.3, 0.4) is 0 Å². The van der Waals surface area contributed by atoms with Crippen molar-refractivity contribution in [1.82, 2.24) is 0 Å². The van der Waals surface area contributed by atoms with Crippen molar-refractivity contribution in [3.8, 4) is 0 Å². The average molecular weight is 446 g/mol. The van der Waals surface area contributed by atoms with Gasteiger partial charge in [0.15, 0.2) is 0 Å². The first-order chi connectivity index (χ1) is 12.5. The van der Waals surface area contributed by atoms with Crippen molar-refractivity contribution in [3.63, 3.8) is 0 Å². The Labute approximate surface area is 196 Å². The predicted octanol–water partition coefficient (Wildman–Crippen LogP) is -5.16. The Balaban J connectivity index is 0.00000392. The van der Waals surface area contributed by atoms with Gasteiger partial charge in [-0.1, -0.05) is 67.6 Å². The fraction of sp³-hybridized carbons (Fsp3) is 0.250. The van der Waals surface area contributed by atoms with E-state index in [1.807, 2.05) is 0 Å². The number of rotatable bonds is 9. The van der Waals surface area contributed by atoms with Gasteiger partial charge in [-0.15, -0.1) is 0 Å². The van der Waals surface area contributed by atoms with Crippen LogP contribution in [-0.2, 0) is 29.2 Å². The third-order valence-corrected chi connectivity index (χ3v) is 7.38. The standard InChI is InChI=1S/C16H19O8PS2.2Li/c1-16(12-23-26(17,18)19,13-24-27(20,21)22)25(14-8-4-2-5-9-14)15-10-6-3-7-11-15;;/h2-11H,12-13H2,1H3,(H,17,18,19)(H,20,21,22);;/q;2*+1/p-2. The molecule has 2 rings (SSSR count). The summed E-state index contributed by atoms with van der Waals surface area (Å²) in [5.74, 6) is 0. The van der Waals surface area contributed by atoms with E-state index < -0.39 is 47.1 Å². The molecule has 0 saturated heterocycles. The van der Waals surface area contributed by atoms with Gasteiger partial charge < -0.3 is 9.11 Å². The monoisotopic (exact) mass is 446 g/mol. The minimum Gasteiger partial charge on any atom is -0.726 e. The Hall–Kier alpha value is -0.195. The molecule has 0 aliphatic rings. The fourth-order valence-corrected chi connectivity index (χ4v) is 6.35. The molecule has 0 amide bonds. The van der Waals surface area contributed by atoms with Gasteiger partial charge in [0.1, 0.15) is 0 Å². The van der Waals surface area contributed by atoms with Gasteiger partial charge in [0, 0.05) is 5.16 Å². The van der Waals surface area contributed by atoms with E-state index in [9.17, 15) is 25.9 Å². The molecule has 0 spiro atoms. The van der Waals surface area contributed by atoms with Gasteiger partial charge in [-0.05, 0) is 18.5 Å². The van der Waals surface area contributed by atoms with E-state index in [1.165, 1.54) is 6.92 Å². The summed E-state index contributed by atoms with van der Waals surface area (Å²) >= 11 is 0. The summed E-state index contributed by atoms with van der Waals surface area (Å²) < 4.78 is 74.8. The molecule has 0 atom stereocenters. The smallest absolute Gasteiger partial charge is 0.726 e. The molecule has 0 N–H and O–H groups in total. The van der Waals surface area contributed by atoms with Crippen molar-refractivity contribution < 1.29 is 72.0 Å². The molecule has 0 radical (unpaired) electrons. The molecule has 0 saturated carbocycles. The maximum atomic E-state index is 11.0. The van der Waals surface area contributed by atoms with E-state index in [-0.39, 0.29) is 37.7 Å². The van der Waals surface area contributed by atoms with Gasteiger partial charge in [-0.3, -0.25) is 8.37 Å². The molecular formula is C16H17Li2O8PS2. The molecule has 29 heavy (non-hydrogen) atoms. The van der Waals surface area contributed by atoms with Crippen molar-refractivity contribution in [1.29, 1.82) is 0 Å². The molecule has 0 unspecified atom stereocenters. The van der Waals surface area contributed by atoms with Crippen LogP contribution >= 0.6 is 7.92 Å². The van der Waals surface area contributed by atoms with E-state index in [4.69, 9.17) is 0 Å². The molecule has 0 aliphatic carbocycles. The third kappa shape index (κ3) is 9.65. The largest absolute Gasteiger partial charge is 1.00 e. The van der Waals surface area contributed by atoms with E-state index in [0.717, 1.165) is 10.6 Å². The van der Waals surface area contributed by atoms with Crippen LogP contribution in [-0.4, -0.2) is 44.3 Å². The Kier molecular flexibility index (Phi) is 11.9. The maximum Gasteiger partial charge on any atom is 1.00 e. The minimum atomic E-state index is -5.03. The normalized spacial score (nSPS) is 12.1. The predicted molar refractivity (Wildman–Crippen MR) is 98.8 cm³/mol. The minimum absolute atomic E-state index is 0. The Bertz CT molecular complexity index is 881. The topological polar surface area (TPSA) is 133 Å². The average Bonchev–Trinajstić information content (AvgIpc) is 2.59. The van der Waals surface area contributed by atoms with Crippen molar-refractivity contribution in [3.05, 3.63) is 60.7 Å². The van der Waals surface area contributed by atoms with Gasteiger partial charge >= 0.3 is 37.7 Å². The molecule has 8 nitrogen and oxygen atoms in total. The summed E-state index contributed by atoms with van der Waals surface area (Å²) in [6, 6.07) is 17.8. The van der Waals surface area contributed by atoms with Crippen LogP contribution in [0.1, 0.15) is 6.92 Å². The summed E-state index contributed by atoms with van der Waals surface area (Å²) in [6.45, 7) is 0.211. The molecule has 0 fully saturated rings. The molecule has 2 aromatic carbocycles. The van der Waals surface area contributed by atoms with Crippen LogP contribution in [0.25, 0.3) is 0 Å². The first-order valence-electron chi connectivity index (χ1n) is 7.61.